The van der Waals surface area contributed by atoms with Crippen LogP contribution in [0.1, 0.15) is 24.9 Å². The molecule has 1 aromatic rings. The molecular formula is C14H20FNS2. The van der Waals surface area contributed by atoms with Crippen LogP contribution in [0.4, 0.5) is 4.39 Å². The molecule has 18 heavy (non-hydrogen) atoms. The molecule has 0 aliphatic carbocycles. The van der Waals surface area contributed by atoms with E-state index in [1.54, 1.807) is 12.1 Å². The van der Waals surface area contributed by atoms with Gasteiger partial charge in [0.1, 0.15) is 5.82 Å². The smallest absolute Gasteiger partial charge is 0.123 e. The Balaban J connectivity index is 1.97. The molecule has 1 fully saturated rings. The first-order valence-corrected chi connectivity index (χ1v) is 8.77. The molecule has 1 unspecified atom stereocenters. The van der Waals surface area contributed by atoms with Gasteiger partial charge in [0, 0.05) is 35.1 Å². The van der Waals surface area contributed by atoms with Crippen molar-refractivity contribution in [2.24, 2.45) is 0 Å². The second-order valence-corrected chi connectivity index (χ2v) is 6.83. The largest absolute Gasteiger partial charge is 0.306 e. The van der Waals surface area contributed by atoms with Crippen molar-refractivity contribution in [1.82, 2.24) is 5.32 Å². The molecule has 100 valence electrons. The Bertz CT molecular complexity index is 347. The van der Waals surface area contributed by atoms with Gasteiger partial charge in [0.15, 0.2) is 0 Å². The van der Waals surface area contributed by atoms with Gasteiger partial charge in [0.05, 0.1) is 0 Å². The van der Waals surface area contributed by atoms with Crippen LogP contribution >= 0.6 is 23.5 Å². The highest BCUT2D eigenvalue weighted by Gasteiger charge is 2.17. The fourth-order valence-corrected chi connectivity index (χ4v) is 4.57. The molecule has 0 amide bonds. The van der Waals surface area contributed by atoms with Crippen molar-refractivity contribution in [3.05, 3.63) is 35.6 Å². The van der Waals surface area contributed by atoms with Crippen molar-refractivity contribution >= 4 is 23.5 Å². The van der Waals surface area contributed by atoms with Crippen LogP contribution in [0.5, 0.6) is 0 Å². The van der Waals surface area contributed by atoms with Gasteiger partial charge in [-0.15, -0.1) is 0 Å². The van der Waals surface area contributed by atoms with E-state index < -0.39 is 0 Å². The first-order valence-electron chi connectivity index (χ1n) is 6.46. The minimum absolute atomic E-state index is 0.158. The van der Waals surface area contributed by atoms with Gasteiger partial charge in [0.2, 0.25) is 0 Å². The van der Waals surface area contributed by atoms with Gasteiger partial charge in [-0.25, -0.2) is 4.39 Å². The van der Waals surface area contributed by atoms with Crippen molar-refractivity contribution in [1.29, 1.82) is 0 Å². The fourth-order valence-electron chi connectivity index (χ4n) is 2.14. The Hall–Kier alpha value is -0.190. The van der Waals surface area contributed by atoms with Gasteiger partial charge in [-0.3, -0.25) is 0 Å². The number of nitrogens with one attached hydrogen (secondary N) is 1. The summed E-state index contributed by atoms with van der Waals surface area (Å²) in [6.45, 7) is 2.18. The summed E-state index contributed by atoms with van der Waals surface area (Å²) in [5, 5.41) is 3.72. The minimum Gasteiger partial charge on any atom is -0.306 e. The quantitative estimate of drug-likeness (QED) is 0.905. The minimum atomic E-state index is -0.158. The monoisotopic (exact) mass is 285 g/mol. The van der Waals surface area contributed by atoms with E-state index >= 15 is 0 Å². The zero-order chi connectivity index (χ0) is 12.8. The first kappa shape index (κ1) is 14.2. The lowest BCUT2D eigenvalue weighted by molar-refractivity contribution is 0.474. The molecule has 2 rings (SSSR count). The maximum absolute atomic E-state index is 12.9. The van der Waals surface area contributed by atoms with E-state index in [0.29, 0.717) is 12.1 Å². The molecule has 0 bridgehead atoms. The van der Waals surface area contributed by atoms with E-state index in [1.165, 1.54) is 28.6 Å². The Kier molecular flexibility index (Phi) is 5.86. The Morgan fingerprint density at radius 1 is 1.22 bits per heavy atom. The van der Waals surface area contributed by atoms with E-state index in [4.69, 9.17) is 0 Å². The molecular weight excluding hydrogens is 265 g/mol. The molecule has 1 nitrogen and oxygen atoms in total. The second kappa shape index (κ2) is 7.41. The summed E-state index contributed by atoms with van der Waals surface area (Å²) in [5.41, 5.74) is 1.19. The topological polar surface area (TPSA) is 12.0 Å². The highest BCUT2D eigenvalue weighted by molar-refractivity contribution is 8.03. The van der Waals surface area contributed by atoms with Gasteiger partial charge in [-0.05, 0) is 24.1 Å². The maximum atomic E-state index is 12.9. The van der Waals surface area contributed by atoms with Crippen molar-refractivity contribution in [2.45, 2.75) is 25.4 Å². The molecule has 1 saturated heterocycles. The number of benzene rings is 1. The second-order valence-electron chi connectivity index (χ2n) is 4.53. The summed E-state index contributed by atoms with van der Waals surface area (Å²) in [7, 11) is 0. The number of thioether (sulfide) groups is 2. The summed E-state index contributed by atoms with van der Waals surface area (Å²) in [5.74, 6) is 4.73. The predicted molar refractivity (Wildman–Crippen MR) is 81.0 cm³/mol. The molecule has 0 saturated carbocycles. The molecule has 1 atom stereocenters. The highest BCUT2D eigenvalue weighted by Crippen LogP contribution is 2.22. The van der Waals surface area contributed by atoms with Crippen LogP contribution in [0.3, 0.4) is 0 Å². The normalized spacial score (nSPS) is 19.4. The third-order valence-electron chi connectivity index (χ3n) is 3.13. The molecule has 0 radical (unpaired) electrons. The van der Waals surface area contributed by atoms with Gasteiger partial charge in [-0.2, -0.15) is 23.5 Å². The van der Waals surface area contributed by atoms with E-state index in [2.05, 4.69) is 12.2 Å². The van der Waals surface area contributed by atoms with Crippen LogP contribution in [0.2, 0.25) is 0 Å². The number of hydrogen-bond acceptors (Lipinski definition) is 3. The van der Waals surface area contributed by atoms with Gasteiger partial charge in [-0.1, -0.05) is 19.1 Å². The highest BCUT2D eigenvalue weighted by atomic mass is 32.2. The fraction of sp³-hybridized carbons (Fsp3) is 0.571. The van der Waals surface area contributed by atoms with E-state index in [9.17, 15) is 4.39 Å². The molecule has 1 aliphatic rings. The van der Waals surface area contributed by atoms with Crippen LogP contribution in [-0.2, 0) is 0 Å². The average Bonchev–Trinajstić information content (AvgIpc) is 2.66. The summed E-state index contributed by atoms with van der Waals surface area (Å²) in [6, 6.07) is 7.81. The summed E-state index contributed by atoms with van der Waals surface area (Å²) >= 11 is 4.06. The Morgan fingerprint density at radius 3 is 2.39 bits per heavy atom. The van der Waals surface area contributed by atoms with Crippen LogP contribution < -0.4 is 5.32 Å². The molecule has 4 heteroatoms. The first-order chi connectivity index (χ1) is 8.79. The molecule has 1 N–H and O–H groups in total. The number of halogens is 1. The Labute approximate surface area is 117 Å². The number of hydrogen-bond donors (Lipinski definition) is 1. The van der Waals surface area contributed by atoms with Gasteiger partial charge >= 0.3 is 0 Å². The third kappa shape index (κ3) is 4.18. The number of rotatable bonds is 4. The predicted octanol–water partition coefficient (Wildman–Crippen LogP) is 3.72. The third-order valence-corrected chi connectivity index (χ3v) is 5.65. The van der Waals surface area contributed by atoms with Gasteiger partial charge < -0.3 is 5.32 Å². The van der Waals surface area contributed by atoms with Crippen molar-refractivity contribution in [3.8, 4) is 0 Å². The standard InChI is InChI=1S/C14H20FNS2/c1-2-14(11-3-5-12(15)6-4-11)16-13-9-17-7-8-18-10-13/h3-6,13-14,16H,2,7-10H2,1H3. The van der Waals surface area contributed by atoms with E-state index in [1.807, 2.05) is 35.7 Å². The van der Waals surface area contributed by atoms with Crippen LogP contribution in [0, 0.1) is 5.82 Å². The lowest BCUT2D eigenvalue weighted by atomic mass is 10.0. The molecule has 1 aliphatic heterocycles. The average molecular weight is 285 g/mol. The maximum Gasteiger partial charge on any atom is 0.123 e. The lowest BCUT2D eigenvalue weighted by Crippen LogP contribution is -2.36. The SMILES string of the molecule is CCC(NC1CSCCSC1)c1ccc(F)cc1. The molecule has 0 spiro atoms. The molecule has 0 aromatic heterocycles. The van der Waals surface area contributed by atoms with Gasteiger partial charge in [0.25, 0.3) is 0 Å². The van der Waals surface area contributed by atoms with E-state index in [0.717, 1.165) is 6.42 Å². The Morgan fingerprint density at radius 2 is 1.83 bits per heavy atom. The summed E-state index contributed by atoms with van der Waals surface area (Å²) < 4.78 is 12.9. The van der Waals surface area contributed by atoms with E-state index in [-0.39, 0.29) is 5.82 Å². The summed E-state index contributed by atoms with van der Waals surface area (Å²) in [6.07, 6.45) is 1.04. The zero-order valence-electron chi connectivity index (χ0n) is 10.7. The lowest BCUT2D eigenvalue weighted by Gasteiger charge is -2.24. The molecule has 1 heterocycles. The summed E-state index contributed by atoms with van der Waals surface area (Å²) in [4.78, 5) is 0. The molecule has 1 aromatic carbocycles. The van der Waals surface area contributed by atoms with Crippen molar-refractivity contribution in [3.63, 3.8) is 0 Å². The van der Waals surface area contributed by atoms with Crippen molar-refractivity contribution < 1.29 is 4.39 Å². The zero-order valence-corrected chi connectivity index (χ0v) is 12.3. The van der Waals surface area contributed by atoms with Crippen LogP contribution in [0.15, 0.2) is 24.3 Å². The van der Waals surface area contributed by atoms with Crippen molar-refractivity contribution in [2.75, 3.05) is 23.0 Å². The van der Waals surface area contributed by atoms with Crippen LogP contribution in [-0.4, -0.2) is 29.1 Å². The van der Waals surface area contributed by atoms with Crippen LogP contribution in [0.25, 0.3) is 0 Å².